The lowest BCUT2D eigenvalue weighted by Crippen LogP contribution is -1.97. The summed E-state index contributed by atoms with van der Waals surface area (Å²) in [5.74, 6) is 1.94. The highest BCUT2D eigenvalue weighted by Gasteiger charge is 2.12. The molecule has 170 valence electrons. The molecule has 6 nitrogen and oxygen atoms in total. The van der Waals surface area contributed by atoms with Crippen molar-refractivity contribution in [2.45, 2.75) is 0 Å². The topological polar surface area (TPSA) is 74.2 Å². The molecule has 6 heteroatoms. The van der Waals surface area contributed by atoms with Crippen molar-refractivity contribution >= 4 is 24.0 Å². The van der Waals surface area contributed by atoms with Crippen molar-refractivity contribution in [1.82, 2.24) is 0 Å². The summed E-state index contributed by atoms with van der Waals surface area (Å²) < 4.78 is 21.3. The Hall–Kier alpha value is -4.19. The number of carbonyl (C=O) groups excluding carboxylic acids is 1. The second kappa shape index (κ2) is 10.9. The van der Waals surface area contributed by atoms with E-state index in [4.69, 9.17) is 18.9 Å². The van der Waals surface area contributed by atoms with E-state index in [1.807, 2.05) is 42.5 Å². The third kappa shape index (κ3) is 5.74. The molecule has 0 bridgehead atoms. The molecule has 0 heterocycles. The number of allylic oxidation sites excluding steroid dienone is 1. The highest BCUT2D eigenvalue weighted by Crippen LogP contribution is 2.32. The van der Waals surface area contributed by atoms with Gasteiger partial charge in [-0.3, -0.25) is 4.79 Å². The quantitative estimate of drug-likeness (QED) is 0.266. The molecule has 33 heavy (non-hydrogen) atoms. The van der Waals surface area contributed by atoms with E-state index < -0.39 is 0 Å². The van der Waals surface area contributed by atoms with E-state index in [1.54, 1.807) is 39.5 Å². The fraction of sp³-hybridized carbons (Fsp3) is 0.148. The van der Waals surface area contributed by atoms with Crippen LogP contribution in [0, 0.1) is 0 Å². The molecule has 0 spiro atoms. The molecule has 0 aliphatic carbocycles. The Kier molecular flexibility index (Phi) is 7.76. The van der Waals surface area contributed by atoms with Gasteiger partial charge in [0.2, 0.25) is 0 Å². The van der Waals surface area contributed by atoms with Gasteiger partial charge < -0.3 is 24.1 Å². The standard InChI is InChI=1S/C27H26O6/c1-30-20-9-6-18(7-10-20)5-8-19-15-22(32-3)17-27(33-4)23(19)12-14-26(29)24-16-21(31-2)11-13-25(24)28/h5-17,28H,1-4H3/b8-5+,14-12+. The number of ketones is 1. The molecule has 0 atom stereocenters. The first-order valence-corrected chi connectivity index (χ1v) is 10.2. The Morgan fingerprint density at radius 3 is 2.03 bits per heavy atom. The molecular formula is C27H26O6. The Bertz CT molecular complexity index is 1180. The number of hydrogen-bond donors (Lipinski definition) is 1. The predicted octanol–water partition coefficient (Wildman–Crippen LogP) is 5.49. The predicted molar refractivity (Wildman–Crippen MR) is 129 cm³/mol. The number of carbonyl (C=O) groups is 1. The van der Waals surface area contributed by atoms with Crippen molar-refractivity contribution in [1.29, 1.82) is 0 Å². The Labute approximate surface area is 193 Å². The van der Waals surface area contributed by atoms with E-state index in [0.29, 0.717) is 22.8 Å². The minimum atomic E-state index is -0.366. The van der Waals surface area contributed by atoms with Crippen molar-refractivity contribution < 1.29 is 28.8 Å². The number of methoxy groups -OCH3 is 4. The highest BCUT2D eigenvalue weighted by atomic mass is 16.5. The molecule has 3 rings (SSSR count). The minimum Gasteiger partial charge on any atom is -0.507 e. The number of benzene rings is 3. The Balaban J connectivity index is 1.99. The molecule has 0 aromatic heterocycles. The van der Waals surface area contributed by atoms with Gasteiger partial charge in [-0.05, 0) is 59.7 Å². The number of rotatable bonds is 9. The molecular weight excluding hydrogens is 420 g/mol. The lowest BCUT2D eigenvalue weighted by Gasteiger charge is -2.12. The molecule has 3 aromatic rings. The number of ether oxygens (including phenoxy) is 4. The summed E-state index contributed by atoms with van der Waals surface area (Å²) in [4.78, 5) is 12.8. The van der Waals surface area contributed by atoms with Gasteiger partial charge in [-0.2, -0.15) is 0 Å². The van der Waals surface area contributed by atoms with Gasteiger partial charge in [0.15, 0.2) is 5.78 Å². The first kappa shape index (κ1) is 23.5. The zero-order valence-electron chi connectivity index (χ0n) is 19.0. The van der Waals surface area contributed by atoms with Gasteiger partial charge in [0.1, 0.15) is 28.7 Å². The zero-order chi connectivity index (χ0) is 23.8. The van der Waals surface area contributed by atoms with Gasteiger partial charge in [-0.25, -0.2) is 0 Å². The molecule has 1 N–H and O–H groups in total. The van der Waals surface area contributed by atoms with Crippen LogP contribution in [0.1, 0.15) is 27.0 Å². The van der Waals surface area contributed by atoms with Crippen LogP contribution in [0.5, 0.6) is 28.7 Å². The van der Waals surface area contributed by atoms with E-state index >= 15 is 0 Å². The van der Waals surface area contributed by atoms with Crippen LogP contribution in [0.4, 0.5) is 0 Å². The van der Waals surface area contributed by atoms with Crippen LogP contribution in [0.3, 0.4) is 0 Å². The maximum atomic E-state index is 12.8. The number of phenols is 1. The van der Waals surface area contributed by atoms with E-state index in [1.165, 1.54) is 25.3 Å². The monoisotopic (exact) mass is 446 g/mol. The minimum absolute atomic E-state index is 0.119. The molecule has 0 saturated heterocycles. The second-order valence-corrected chi connectivity index (χ2v) is 7.02. The molecule has 0 aliphatic rings. The molecule has 0 aliphatic heterocycles. The number of hydrogen-bond acceptors (Lipinski definition) is 6. The third-order valence-corrected chi connectivity index (χ3v) is 5.04. The Morgan fingerprint density at radius 2 is 1.39 bits per heavy atom. The van der Waals surface area contributed by atoms with Gasteiger partial charge in [0.25, 0.3) is 0 Å². The number of phenolic OH excluding ortho intramolecular Hbond substituents is 1. The molecule has 0 radical (unpaired) electrons. The summed E-state index contributed by atoms with van der Waals surface area (Å²) in [5.41, 5.74) is 2.61. The summed E-state index contributed by atoms with van der Waals surface area (Å²) in [6.07, 6.45) is 6.91. The summed E-state index contributed by atoms with van der Waals surface area (Å²) in [7, 11) is 6.26. The fourth-order valence-electron chi connectivity index (χ4n) is 3.21. The average molecular weight is 446 g/mol. The number of aromatic hydroxyl groups is 1. The summed E-state index contributed by atoms with van der Waals surface area (Å²) in [6.45, 7) is 0. The van der Waals surface area contributed by atoms with Crippen LogP contribution in [-0.4, -0.2) is 39.3 Å². The smallest absolute Gasteiger partial charge is 0.189 e. The summed E-state index contributed by atoms with van der Waals surface area (Å²) in [6, 6.07) is 15.8. The van der Waals surface area contributed by atoms with Gasteiger partial charge in [-0.1, -0.05) is 24.3 Å². The van der Waals surface area contributed by atoms with Gasteiger partial charge in [-0.15, -0.1) is 0 Å². The van der Waals surface area contributed by atoms with Crippen molar-refractivity contribution in [2.75, 3.05) is 28.4 Å². The van der Waals surface area contributed by atoms with Crippen LogP contribution >= 0.6 is 0 Å². The molecule has 0 amide bonds. The van der Waals surface area contributed by atoms with E-state index in [-0.39, 0.29) is 17.1 Å². The normalized spacial score (nSPS) is 11.0. The van der Waals surface area contributed by atoms with Gasteiger partial charge >= 0.3 is 0 Å². The van der Waals surface area contributed by atoms with Crippen molar-refractivity contribution in [3.05, 3.63) is 82.9 Å². The molecule has 0 fully saturated rings. The maximum Gasteiger partial charge on any atom is 0.189 e. The van der Waals surface area contributed by atoms with Crippen LogP contribution in [-0.2, 0) is 0 Å². The van der Waals surface area contributed by atoms with E-state index in [9.17, 15) is 9.90 Å². The lowest BCUT2D eigenvalue weighted by atomic mass is 10.0. The van der Waals surface area contributed by atoms with Crippen LogP contribution < -0.4 is 18.9 Å². The fourth-order valence-corrected chi connectivity index (χ4v) is 3.21. The van der Waals surface area contributed by atoms with Gasteiger partial charge in [0, 0.05) is 11.6 Å². The third-order valence-electron chi connectivity index (χ3n) is 5.04. The van der Waals surface area contributed by atoms with Crippen LogP contribution in [0.25, 0.3) is 18.2 Å². The van der Waals surface area contributed by atoms with Crippen molar-refractivity contribution in [3.8, 4) is 28.7 Å². The van der Waals surface area contributed by atoms with Crippen LogP contribution in [0.15, 0.2) is 60.7 Å². The molecule has 3 aromatic carbocycles. The van der Waals surface area contributed by atoms with Crippen LogP contribution in [0.2, 0.25) is 0 Å². The second-order valence-electron chi connectivity index (χ2n) is 7.02. The SMILES string of the molecule is COc1ccc(/C=C/c2cc(OC)cc(OC)c2/C=C/C(=O)c2cc(OC)ccc2O)cc1. The lowest BCUT2D eigenvalue weighted by molar-refractivity contribution is 0.104. The molecule has 0 saturated carbocycles. The van der Waals surface area contributed by atoms with Gasteiger partial charge in [0.05, 0.1) is 34.0 Å². The van der Waals surface area contributed by atoms with Crippen molar-refractivity contribution in [3.63, 3.8) is 0 Å². The largest absolute Gasteiger partial charge is 0.507 e. The van der Waals surface area contributed by atoms with E-state index in [2.05, 4.69) is 0 Å². The first-order chi connectivity index (χ1) is 16.0. The first-order valence-electron chi connectivity index (χ1n) is 10.2. The highest BCUT2D eigenvalue weighted by molar-refractivity contribution is 6.09. The average Bonchev–Trinajstić information content (AvgIpc) is 2.86. The van der Waals surface area contributed by atoms with E-state index in [0.717, 1.165) is 16.9 Å². The summed E-state index contributed by atoms with van der Waals surface area (Å²) in [5, 5.41) is 10.1. The summed E-state index contributed by atoms with van der Waals surface area (Å²) >= 11 is 0. The van der Waals surface area contributed by atoms with Crippen molar-refractivity contribution in [2.24, 2.45) is 0 Å². The zero-order valence-corrected chi connectivity index (χ0v) is 19.0. The Morgan fingerprint density at radius 1 is 0.727 bits per heavy atom. The molecule has 0 unspecified atom stereocenters. The maximum absolute atomic E-state index is 12.8.